The lowest BCUT2D eigenvalue weighted by molar-refractivity contribution is 0.317. The zero-order chi connectivity index (χ0) is 8.97. The van der Waals surface area contributed by atoms with Crippen molar-refractivity contribution in [1.29, 1.82) is 0 Å². The van der Waals surface area contributed by atoms with Gasteiger partial charge in [0.2, 0.25) is 0 Å². The topological polar surface area (TPSA) is 32.6 Å². The molecule has 0 saturated heterocycles. The Hall–Kier alpha value is -1.02. The summed E-state index contributed by atoms with van der Waals surface area (Å²) in [7, 11) is 0. The molecule has 3 heteroatoms. The Bertz CT molecular complexity index is 296. The molecule has 1 rings (SSSR count). The molecule has 1 N–H and O–H groups in total. The molecule has 0 saturated carbocycles. The summed E-state index contributed by atoms with van der Waals surface area (Å²) < 4.78 is 0. The van der Waals surface area contributed by atoms with Crippen molar-refractivity contribution in [3.8, 4) is 0 Å². The fraction of sp³-hybridized carbons (Fsp3) is 0.222. The summed E-state index contributed by atoms with van der Waals surface area (Å²) in [4.78, 5) is 0. The molecule has 0 aliphatic heterocycles. The van der Waals surface area contributed by atoms with E-state index in [-0.39, 0.29) is 0 Å². The molecule has 0 bridgehead atoms. The van der Waals surface area contributed by atoms with Gasteiger partial charge in [0.1, 0.15) is 0 Å². The second-order valence-corrected chi connectivity index (χ2v) is 3.08. The molecule has 0 aromatic heterocycles. The first-order valence-electron chi connectivity index (χ1n) is 3.64. The first-order chi connectivity index (χ1) is 5.72. The van der Waals surface area contributed by atoms with Crippen molar-refractivity contribution < 1.29 is 5.21 Å². The SMILES string of the molecule is CC(Cc1cccc(Cl)c1)=NO. The zero-order valence-corrected chi connectivity index (χ0v) is 7.54. The normalized spacial score (nSPS) is 11.7. The van der Waals surface area contributed by atoms with Gasteiger partial charge in [-0.3, -0.25) is 0 Å². The van der Waals surface area contributed by atoms with Gasteiger partial charge in [-0.25, -0.2) is 0 Å². The average Bonchev–Trinajstić information content (AvgIpc) is 2.04. The van der Waals surface area contributed by atoms with Crippen molar-refractivity contribution in [3.63, 3.8) is 0 Å². The predicted molar refractivity (Wildman–Crippen MR) is 50.1 cm³/mol. The van der Waals surface area contributed by atoms with E-state index < -0.39 is 0 Å². The molecule has 0 aliphatic rings. The van der Waals surface area contributed by atoms with Gasteiger partial charge in [-0.15, -0.1) is 0 Å². The molecule has 0 aliphatic carbocycles. The third kappa shape index (κ3) is 2.55. The third-order valence-electron chi connectivity index (χ3n) is 1.52. The summed E-state index contributed by atoms with van der Waals surface area (Å²) in [6, 6.07) is 7.50. The highest BCUT2D eigenvalue weighted by atomic mass is 35.5. The Labute approximate surface area is 76.5 Å². The lowest BCUT2D eigenvalue weighted by Crippen LogP contribution is -1.96. The number of hydrogen-bond donors (Lipinski definition) is 1. The molecule has 0 unspecified atom stereocenters. The highest BCUT2D eigenvalue weighted by molar-refractivity contribution is 6.30. The number of oxime groups is 1. The number of benzene rings is 1. The van der Waals surface area contributed by atoms with Crippen molar-refractivity contribution in [2.75, 3.05) is 0 Å². The fourth-order valence-corrected chi connectivity index (χ4v) is 1.19. The van der Waals surface area contributed by atoms with Gasteiger partial charge in [0.05, 0.1) is 5.71 Å². The second-order valence-electron chi connectivity index (χ2n) is 2.64. The maximum absolute atomic E-state index is 8.42. The van der Waals surface area contributed by atoms with Gasteiger partial charge >= 0.3 is 0 Å². The second kappa shape index (κ2) is 4.12. The monoisotopic (exact) mass is 183 g/mol. The summed E-state index contributed by atoms with van der Waals surface area (Å²) >= 11 is 5.77. The minimum Gasteiger partial charge on any atom is -0.411 e. The molecule has 0 amide bonds. The molecule has 0 fully saturated rings. The van der Waals surface area contributed by atoms with Crippen LogP contribution in [-0.2, 0) is 6.42 Å². The molecule has 0 spiro atoms. The van der Waals surface area contributed by atoms with Crippen molar-refractivity contribution in [1.82, 2.24) is 0 Å². The summed E-state index contributed by atoms with van der Waals surface area (Å²) in [6.07, 6.45) is 0.636. The Balaban J connectivity index is 2.76. The van der Waals surface area contributed by atoms with Crippen LogP contribution < -0.4 is 0 Å². The maximum Gasteiger partial charge on any atom is 0.0583 e. The summed E-state index contributed by atoms with van der Waals surface area (Å²) in [5, 5.41) is 12.2. The van der Waals surface area contributed by atoms with E-state index in [1.807, 2.05) is 24.3 Å². The van der Waals surface area contributed by atoms with Crippen LogP contribution in [-0.4, -0.2) is 10.9 Å². The van der Waals surface area contributed by atoms with Crippen LogP contribution in [0.3, 0.4) is 0 Å². The molecular weight excluding hydrogens is 174 g/mol. The minimum absolute atomic E-state index is 0.636. The number of halogens is 1. The van der Waals surface area contributed by atoms with E-state index in [4.69, 9.17) is 16.8 Å². The van der Waals surface area contributed by atoms with E-state index in [2.05, 4.69) is 5.16 Å². The first kappa shape index (κ1) is 9.07. The lowest BCUT2D eigenvalue weighted by Gasteiger charge is -1.98. The standard InChI is InChI=1S/C9H10ClNO/c1-7(11-12)5-8-3-2-4-9(10)6-8/h2-4,6,12H,5H2,1H3. The lowest BCUT2D eigenvalue weighted by atomic mass is 10.1. The molecule has 64 valence electrons. The summed E-state index contributed by atoms with van der Waals surface area (Å²) in [6.45, 7) is 1.76. The van der Waals surface area contributed by atoms with Crippen LogP contribution in [0, 0.1) is 0 Å². The van der Waals surface area contributed by atoms with Crippen molar-refractivity contribution in [2.24, 2.45) is 5.16 Å². The largest absolute Gasteiger partial charge is 0.411 e. The first-order valence-corrected chi connectivity index (χ1v) is 4.02. The molecule has 2 nitrogen and oxygen atoms in total. The van der Waals surface area contributed by atoms with Crippen LogP contribution in [0.25, 0.3) is 0 Å². The number of nitrogens with zero attached hydrogens (tertiary/aromatic N) is 1. The van der Waals surface area contributed by atoms with Gasteiger partial charge in [0.15, 0.2) is 0 Å². The minimum atomic E-state index is 0.636. The van der Waals surface area contributed by atoms with E-state index in [1.165, 1.54) is 0 Å². The van der Waals surface area contributed by atoms with Crippen LogP contribution in [0.5, 0.6) is 0 Å². The van der Waals surface area contributed by atoms with Gasteiger partial charge in [-0.1, -0.05) is 28.9 Å². The van der Waals surface area contributed by atoms with Crippen LogP contribution in [0.15, 0.2) is 29.4 Å². The molecule has 1 aromatic carbocycles. The van der Waals surface area contributed by atoms with Crippen molar-refractivity contribution in [3.05, 3.63) is 34.9 Å². The van der Waals surface area contributed by atoms with E-state index in [1.54, 1.807) is 6.92 Å². The highest BCUT2D eigenvalue weighted by Crippen LogP contribution is 2.11. The van der Waals surface area contributed by atoms with Crippen LogP contribution >= 0.6 is 11.6 Å². The smallest absolute Gasteiger partial charge is 0.0583 e. The van der Waals surface area contributed by atoms with E-state index in [0.717, 1.165) is 5.56 Å². The Kier molecular flexibility index (Phi) is 3.11. The number of rotatable bonds is 2. The average molecular weight is 184 g/mol. The zero-order valence-electron chi connectivity index (χ0n) is 6.79. The van der Waals surface area contributed by atoms with Crippen LogP contribution in [0.2, 0.25) is 5.02 Å². The quantitative estimate of drug-likeness (QED) is 0.427. The van der Waals surface area contributed by atoms with Gasteiger partial charge in [-0.2, -0.15) is 0 Å². The maximum atomic E-state index is 8.42. The highest BCUT2D eigenvalue weighted by Gasteiger charge is 1.96. The van der Waals surface area contributed by atoms with Gasteiger partial charge in [0.25, 0.3) is 0 Å². The molecule has 0 radical (unpaired) electrons. The fourth-order valence-electron chi connectivity index (χ4n) is 0.978. The number of hydrogen-bond acceptors (Lipinski definition) is 2. The molecule has 12 heavy (non-hydrogen) atoms. The van der Waals surface area contributed by atoms with Crippen molar-refractivity contribution in [2.45, 2.75) is 13.3 Å². The third-order valence-corrected chi connectivity index (χ3v) is 1.75. The summed E-state index contributed by atoms with van der Waals surface area (Å²) in [5.74, 6) is 0. The van der Waals surface area contributed by atoms with E-state index in [0.29, 0.717) is 17.2 Å². The van der Waals surface area contributed by atoms with E-state index in [9.17, 15) is 0 Å². The Morgan fingerprint density at radius 3 is 2.92 bits per heavy atom. The summed E-state index contributed by atoms with van der Waals surface area (Å²) in [5.41, 5.74) is 1.73. The predicted octanol–water partition coefficient (Wildman–Crippen LogP) is 2.73. The van der Waals surface area contributed by atoms with Crippen LogP contribution in [0.4, 0.5) is 0 Å². The molecular formula is C9H10ClNO. The van der Waals surface area contributed by atoms with Crippen LogP contribution in [0.1, 0.15) is 12.5 Å². The molecule has 0 heterocycles. The Morgan fingerprint density at radius 2 is 2.33 bits per heavy atom. The van der Waals surface area contributed by atoms with Crippen molar-refractivity contribution >= 4 is 17.3 Å². The van der Waals surface area contributed by atoms with E-state index >= 15 is 0 Å². The Morgan fingerprint density at radius 1 is 1.58 bits per heavy atom. The van der Waals surface area contributed by atoms with Gasteiger partial charge in [-0.05, 0) is 24.6 Å². The molecule has 1 aromatic rings. The molecule has 0 atom stereocenters. The van der Waals surface area contributed by atoms with Gasteiger partial charge < -0.3 is 5.21 Å². The van der Waals surface area contributed by atoms with Gasteiger partial charge in [0, 0.05) is 11.4 Å².